The van der Waals surface area contributed by atoms with E-state index in [4.69, 9.17) is 21.0 Å². The van der Waals surface area contributed by atoms with Gasteiger partial charge in [-0.05, 0) is 77.2 Å². The second kappa shape index (κ2) is 18.9. The first-order valence-electron chi connectivity index (χ1n) is 16.3. The number of phenolic OH excluding ortho intramolecular Hbond substituents is 2. The molecule has 0 aromatic heterocycles. The summed E-state index contributed by atoms with van der Waals surface area (Å²) < 4.78 is 48.2. The van der Waals surface area contributed by atoms with Gasteiger partial charge in [0.25, 0.3) is 10.1 Å². The van der Waals surface area contributed by atoms with Crippen LogP contribution in [0.4, 0.5) is 39.8 Å². The summed E-state index contributed by atoms with van der Waals surface area (Å²) in [5, 5.41) is 68.3. The van der Waals surface area contributed by atoms with Crippen LogP contribution in [0.5, 0.6) is 17.2 Å². The first kappa shape index (κ1) is 41.5. The van der Waals surface area contributed by atoms with Crippen molar-refractivity contribution in [3.8, 4) is 17.2 Å². The van der Waals surface area contributed by atoms with E-state index in [9.17, 15) is 23.2 Å². The molecular formula is C37H30N6O12S3. The van der Waals surface area contributed by atoms with Crippen molar-refractivity contribution in [1.82, 2.24) is 0 Å². The lowest BCUT2D eigenvalue weighted by molar-refractivity contribution is -0.432. The van der Waals surface area contributed by atoms with Crippen LogP contribution in [-0.4, -0.2) is 40.8 Å². The average molecular weight is 847 g/mol. The molecule has 0 saturated carbocycles. The number of hydrogen-bond donors (Lipinski definition) is 7. The van der Waals surface area contributed by atoms with Crippen LogP contribution in [0.1, 0.15) is 11.1 Å². The molecule has 0 aliphatic carbocycles. The third-order valence-corrected chi connectivity index (χ3v) is 10.2. The molecule has 0 amide bonds. The highest BCUT2D eigenvalue weighted by molar-refractivity contribution is 7.95. The van der Waals surface area contributed by atoms with Gasteiger partial charge in [0.2, 0.25) is 0 Å². The van der Waals surface area contributed by atoms with Crippen LogP contribution in [-0.2, 0) is 28.9 Å². The highest BCUT2D eigenvalue weighted by Crippen LogP contribution is 2.46. The Kier molecular flexibility index (Phi) is 13.5. The van der Waals surface area contributed by atoms with Crippen molar-refractivity contribution in [2.75, 3.05) is 18.2 Å². The Morgan fingerprint density at radius 1 is 0.724 bits per heavy atom. The largest absolute Gasteiger partial charge is 0.506 e. The maximum atomic E-state index is 11.9. The highest BCUT2D eigenvalue weighted by atomic mass is 32.2. The number of hydrogen-bond acceptors (Lipinski definition) is 19. The Morgan fingerprint density at radius 3 is 2.16 bits per heavy atom. The maximum Gasteiger partial charge on any atom is 0.295 e. The lowest BCUT2D eigenvalue weighted by atomic mass is 10.1. The predicted molar refractivity (Wildman–Crippen MR) is 216 cm³/mol. The van der Waals surface area contributed by atoms with Crippen molar-refractivity contribution in [3.63, 3.8) is 0 Å². The van der Waals surface area contributed by atoms with Crippen molar-refractivity contribution >= 4 is 96.9 Å². The lowest BCUT2D eigenvalue weighted by Gasteiger charge is -2.12. The molecule has 18 nitrogen and oxygen atoms in total. The highest BCUT2D eigenvalue weighted by Gasteiger charge is 2.18. The fourth-order valence-electron chi connectivity index (χ4n) is 5.35. The molecule has 0 unspecified atom stereocenters. The molecule has 0 saturated heterocycles. The van der Waals surface area contributed by atoms with Gasteiger partial charge in [-0.15, -0.1) is 24.0 Å². The van der Waals surface area contributed by atoms with Crippen LogP contribution in [0.3, 0.4) is 0 Å². The van der Waals surface area contributed by atoms with Gasteiger partial charge in [-0.1, -0.05) is 52.6 Å². The number of phenols is 2. The number of aromatic hydroxyl groups is 2. The summed E-state index contributed by atoms with van der Waals surface area (Å²) in [6.45, 7) is 0. The molecule has 8 N–H and O–H groups in total. The number of fused-ring (bicyclic) bond motifs is 1. The van der Waals surface area contributed by atoms with E-state index in [0.717, 1.165) is 17.4 Å². The van der Waals surface area contributed by atoms with Crippen LogP contribution in [0.25, 0.3) is 22.9 Å². The minimum Gasteiger partial charge on any atom is -0.506 e. The van der Waals surface area contributed by atoms with Gasteiger partial charge >= 0.3 is 0 Å². The third-order valence-electron chi connectivity index (χ3n) is 7.98. The summed E-state index contributed by atoms with van der Waals surface area (Å²) in [6, 6.07) is 27.6. The van der Waals surface area contributed by atoms with Gasteiger partial charge < -0.3 is 26.0 Å². The van der Waals surface area contributed by atoms with Crippen molar-refractivity contribution in [2.24, 2.45) is 20.5 Å². The number of ether oxygens (including phenoxy) is 1. The summed E-state index contributed by atoms with van der Waals surface area (Å²) in [5.74, 6) is -0.513. The molecule has 0 radical (unpaired) electrons. The maximum absolute atomic E-state index is 11.9. The van der Waals surface area contributed by atoms with E-state index in [1.54, 1.807) is 36.4 Å². The monoisotopic (exact) mass is 846 g/mol. The normalized spacial score (nSPS) is 12.0. The van der Waals surface area contributed by atoms with Gasteiger partial charge in [-0.25, -0.2) is 10.5 Å². The van der Waals surface area contributed by atoms with E-state index < -0.39 is 15.0 Å². The fourth-order valence-corrected chi connectivity index (χ4v) is 7.07. The van der Waals surface area contributed by atoms with E-state index in [1.165, 1.54) is 49.6 Å². The molecule has 6 aromatic rings. The summed E-state index contributed by atoms with van der Waals surface area (Å²) in [6.07, 6.45) is 2.94. The minimum atomic E-state index is -4.59. The van der Waals surface area contributed by atoms with Crippen LogP contribution in [0.15, 0.2) is 138 Å². The van der Waals surface area contributed by atoms with Crippen molar-refractivity contribution in [2.45, 2.75) is 14.7 Å². The molecule has 0 aliphatic rings. The summed E-state index contributed by atoms with van der Waals surface area (Å²) in [7, 11) is -3.22. The average Bonchev–Trinajstić information content (AvgIpc) is 3.21. The number of nitrogens with two attached hydrogens (primary N) is 1. The van der Waals surface area contributed by atoms with Crippen LogP contribution >= 0.6 is 24.1 Å². The van der Waals surface area contributed by atoms with E-state index >= 15 is 0 Å². The smallest absolute Gasteiger partial charge is 0.295 e. The number of benzene rings is 6. The summed E-state index contributed by atoms with van der Waals surface area (Å²) >= 11 is 1.16. The second-order valence-corrected chi connectivity index (χ2v) is 14.6. The Labute approximate surface area is 337 Å². The lowest BCUT2D eigenvalue weighted by Crippen LogP contribution is -2.02. The van der Waals surface area contributed by atoms with Gasteiger partial charge in [-0.2, -0.15) is 13.5 Å². The molecule has 0 aliphatic heterocycles. The molecule has 6 rings (SSSR count). The number of nitrogens with one attached hydrogen (secondary N) is 1. The fraction of sp³-hybridized carbons (Fsp3) is 0.0270. The molecule has 6 aromatic carbocycles. The zero-order chi connectivity index (χ0) is 41.2. The first-order valence-corrected chi connectivity index (χ1v) is 19.2. The summed E-state index contributed by atoms with van der Waals surface area (Å²) in [5.41, 5.74) is 8.26. The topological polar surface area (TPSA) is 269 Å². The van der Waals surface area contributed by atoms with E-state index in [0.29, 0.717) is 45.3 Å². The molecule has 0 heterocycles. The number of anilines is 3. The number of nitrogen functional groups attached to an aromatic ring is 1. The van der Waals surface area contributed by atoms with E-state index in [-0.39, 0.29) is 56.1 Å². The second-order valence-electron chi connectivity index (χ2n) is 11.7. The Balaban J connectivity index is 1.27. The van der Waals surface area contributed by atoms with Gasteiger partial charge in [0.15, 0.2) is 5.75 Å². The number of azo groups is 2. The number of nitrogens with zero attached hydrogens (tertiary/aromatic N) is 4. The Hall–Kier alpha value is -6.11. The van der Waals surface area contributed by atoms with E-state index in [2.05, 4.69) is 44.5 Å². The van der Waals surface area contributed by atoms with Crippen LogP contribution in [0, 0.1) is 0 Å². The van der Waals surface area contributed by atoms with Crippen LogP contribution < -0.4 is 15.8 Å². The molecule has 0 spiro atoms. The minimum absolute atomic E-state index is 0.0599. The zero-order valence-corrected chi connectivity index (χ0v) is 32.1. The van der Waals surface area contributed by atoms with Gasteiger partial charge in [0, 0.05) is 39.5 Å². The van der Waals surface area contributed by atoms with Gasteiger partial charge in [0.1, 0.15) is 33.5 Å². The Bertz CT molecular complexity index is 2650. The quantitative estimate of drug-likeness (QED) is 0.00907. The molecule has 0 fully saturated rings. The molecule has 58 heavy (non-hydrogen) atoms. The van der Waals surface area contributed by atoms with Crippen molar-refractivity contribution < 1.29 is 57.2 Å². The first-order chi connectivity index (χ1) is 28.0. The van der Waals surface area contributed by atoms with Crippen molar-refractivity contribution in [3.05, 3.63) is 114 Å². The van der Waals surface area contributed by atoms with Gasteiger partial charge in [0.05, 0.1) is 41.8 Å². The molecule has 21 heteroatoms. The third kappa shape index (κ3) is 10.2. The van der Waals surface area contributed by atoms with Crippen molar-refractivity contribution in [1.29, 1.82) is 0 Å². The van der Waals surface area contributed by atoms with E-state index in [1.807, 2.05) is 30.3 Å². The zero-order valence-electron chi connectivity index (χ0n) is 29.7. The molecule has 0 bridgehead atoms. The van der Waals surface area contributed by atoms with Gasteiger partial charge in [-0.3, -0.25) is 4.55 Å². The predicted octanol–water partition coefficient (Wildman–Crippen LogP) is 10.7. The molecule has 298 valence electrons. The standard InChI is InChI=1S/C37H30N6O12S3/c1-51-32-20-29(41-43-36-34(57-55-53-47)16-23-15-26(13-14-28(23)37(36)45)39-25-5-3-2-4-6-25)31(44)19-30(32)42-40-27-12-10-21(33(18-27)56-54-52-46)7-8-22-9-11-24(38)17-35(22)58(48,49)50/h2-20,39,44-47H,38H2,1H3,(H,48,49,50). The Morgan fingerprint density at radius 2 is 1.43 bits per heavy atom. The number of rotatable bonds is 16. The summed E-state index contributed by atoms with van der Waals surface area (Å²) in [4.78, 5) is 0.151. The van der Waals surface area contributed by atoms with Crippen LogP contribution in [0.2, 0.25) is 0 Å². The number of methoxy groups -OCH3 is 1. The molecule has 0 atom stereocenters. The molecular weight excluding hydrogens is 817 g/mol. The number of para-hydroxylation sites is 1. The SMILES string of the molecule is COc1cc(N=Nc2c(SOOO)cc3cc(Nc4ccccc4)ccc3c2O)c(O)cc1N=Nc1ccc(C=Cc2ccc(N)cc2S(=O)(=O)O)c(SOOO)c1.